The highest BCUT2D eigenvalue weighted by Crippen LogP contribution is 2.30. The minimum absolute atomic E-state index is 0.0350. The van der Waals surface area contributed by atoms with Crippen molar-refractivity contribution in [2.45, 2.75) is 26.3 Å². The van der Waals surface area contributed by atoms with E-state index in [-0.39, 0.29) is 12.0 Å². The van der Waals surface area contributed by atoms with Crippen LogP contribution >= 0.6 is 22.9 Å². The van der Waals surface area contributed by atoms with Gasteiger partial charge in [0.05, 0.1) is 5.69 Å². The van der Waals surface area contributed by atoms with Gasteiger partial charge < -0.3 is 5.11 Å². The first-order valence-electron chi connectivity index (χ1n) is 7.62. The number of rotatable bonds is 4. The molecule has 1 aromatic carbocycles. The number of aliphatic hydroxyl groups is 1. The Morgan fingerprint density at radius 1 is 1.36 bits per heavy atom. The molecule has 1 aliphatic rings. The van der Waals surface area contributed by atoms with Crippen LogP contribution in [0.2, 0.25) is 5.02 Å². The fourth-order valence-electron chi connectivity index (χ4n) is 3.03. The molecule has 1 N–H and O–H groups in total. The van der Waals surface area contributed by atoms with Crippen LogP contribution in [-0.2, 0) is 6.54 Å². The summed E-state index contributed by atoms with van der Waals surface area (Å²) < 4.78 is 0. The summed E-state index contributed by atoms with van der Waals surface area (Å²) in [6.07, 6.45) is 2.25. The zero-order valence-electron chi connectivity index (χ0n) is 12.8. The van der Waals surface area contributed by atoms with E-state index < -0.39 is 0 Å². The molecule has 1 fully saturated rings. The minimum atomic E-state index is 0.0350. The molecule has 118 valence electrons. The topological polar surface area (TPSA) is 36.4 Å². The Balaban J connectivity index is 1.68. The maximum Gasteiger partial charge on any atom is 0.123 e. The molecule has 2 aromatic rings. The summed E-state index contributed by atoms with van der Waals surface area (Å²) in [5, 5.41) is 13.5. The molecule has 0 spiro atoms. The highest BCUT2D eigenvalue weighted by molar-refractivity contribution is 7.13. The molecule has 5 heteroatoms. The lowest BCUT2D eigenvalue weighted by molar-refractivity contribution is 0.0424. The highest BCUT2D eigenvalue weighted by atomic mass is 35.5. The number of benzene rings is 1. The van der Waals surface area contributed by atoms with Crippen molar-refractivity contribution in [3.05, 3.63) is 40.4 Å². The SMILES string of the molecule is CC1(CO)CCCN(Cc2csc(-c3ccc(Cl)cc3)n2)C1. The number of hydrogen-bond acceptors (Lipinski definition) is 4. The average Bonchev–Trinajstić information content (AvgIpc) is 2.96. The van der Waals surface area contributed by atoms with Gasteiger partial charge in [-0.15, -0.1) is 11.3 Å². The van der Waals surface area contributed by atoms with E-state index in [2.05, 4.69) is 17.2 Å². The zero-order chi connectivity index (χ0) is 15.6. The van der Waals surface area contributed by atoms with Crippen molar-refractivity contribution >= 4 is 22.9 Å². The number of hydrogen-bond donors (Lipinski definition) is 1. The molecule has 0 bridgehead atoms. The predicted octanol–water partition coefficient (Wildman–Crippen LogP) is 4.06. The van der Waals surface area contributed by atoms with Crippen LogP contribution in [0, 0.1) is 5.41 Å². The van der Waals surface area contributed by atoms with Gasteiger partial charge in [0.1, 0.15) is 5.01 Å². The molecule has 0 saturated carbocycles. The van der Waals surface area contributed by atoms with Gasteiger partial charge in [0.2, 0.25) is 0 Å². The van der Waals surface area contributed by atoms with Crippen LogP contribution in [0.5, 0.6) is 0 Å². The lowest BCUT2D eigenvalue weighted by atomic mass is 9.83. The van der Waals surface area contributed by atoms with Gasteiger partial charge >= 0.3 is 0 Å². The standard InChI is InChI=1S/C17H21ClN2OS/c1-17(12-21)7-2-8-20(11-17)9-15-10-22-16(19-15)13-3-5-14(18)6-4-13/h3-6,10,21H,2,7-9,11-12H2,1H3. The Labute approximate surface area is 140 Å². The van der Waals surface area contributed by atoms with Crippen molar-refractivity contribution in [1.29, 1.82) is 0 Å². The minimum Gasteiger partial charge on any atom is -0.396 e. The molecule has 0 aliphatic carbocycles. The highest BCUT2D eigenvalue weighted by Gasteiger charge is 2.30. The molecule has 22 heavy (non-hydrogen) atoms. The number of likely N-dealkylation sites (tertiary alicyclic amines) is 1. The molecular weight excluding hydrogens is 316 g/mol. The van der Waals surface area contributed by atoms with Gasteiger partial charge in [0.15, 0.2) is 0 Å². The van der Waals surface area contributed by atoms with E-state index in [9.17, 15) is 5.11 Å². The van der Waals surface area contributed by atoms with Gasteiger partial charge in [-0.1, -0.05) is 30.7 Å². The second kappa shape index (κ2) is 6.67. The van der Waals surface area contributed by atoms with Crippen molar-refractivity contribution in [1.82, 2.24) is 9.88 Å². The molecule has 1 saturated heterocycles. The molecule has 2 heterocycles. The Hall–Kier alpha value is -0.940. The first-order valence-corrected chi connectivity index (χ1v) is 8.87. The summed E-state index contributed by atoms with van der Waals surface area (Å²) in [6.45, 7) is 5.32. The molecule has 3 nitrogen and oxygen atoms in total. The summed E-state index contributed by atoms with van der Waals surface area (Å²) in [7, 11) is 0. The quantitative estimate of drug-likeness (QED) is 0.914. The molecule has 1 aromatic heterocycles. The van der Waals surface area contributed by atoms with Crippen LogP contribution in [0.3, 0.4) is 0 Å². The zero-order valence-corrected chi connectivity index (χ0v) is 14.3. The van der Waals surface area contributed by atoms with Crippen molar-refractivity contribution < 1.29 is 5.11 Å². The van der Waals surface area contributed by atoms with Gasteiger partial charge in [0.25, 0.3) is 0 Å². The second-order valence-electron chi connectivity index (χ2n) is 6.43. The Kier molecular flexibility index (Phi) is 4.83. The van der Waals surface area contributed by atoms with Gasteiger partial charge in [-0.3, -0.25) is 4.90 Å². The number of halogens is 1. The maximum atomic E-state index is 9.56. The molecule has 1 aliphatic heterocycles. The molecule has 1 unspecified atom stereocenters. The molecule has 3 rings (SSSR count). The predicted molar refractivity (Wildman–Crippen MR) is 92.3 cm³/mol. The third kappa shape index (κ3) is 3.69. The molecular formula is C17H21ClN2OS. The fourth-order valence-corrected chi connectivity index (χ4v) is 3.97. The van der Waals surface area contributed by atoms with E-state index in [0.717, 1.165) is 53.8 Å². The van der Waals surface area contributed by atoms with Gasteiger partial charge in [-0.2, -0.15) is 0 Å². The summed E-state index contributed by atoms with van der Waals surface area (Å²) in [6, 6.07) is 7.81. The van der Waals surface area contributed by atoms with E-state index in [1.807, 2.05) is 24.3 Å². The summed E-state index contributed by atoms with van der Waals surface area (Å²) >= 11 is 7.60. The number of aliphatic hydroxyl groups excluding tert-OH is 1. The Bertz CT molecular complexity index is 628. The summed E-state index contributed by atoms with van der Waals surface area (Å²) in [4.78, 5) is 7.15. The van der Waals surface area contributed by atoms with Crippen LogP contribution in [-0.4, -0.2) is 34.7 Å². The van der Waals surface area contributed by atoms with E-state index in [4.69, 9.17) is 16.6 Å². The van der Waals surface area contributed by atoms with Crippen LogP contribution in [0.15, 0.2) is 29.6 Å². The van der Waals surface area contributed by atoms with E-state index in [1.54, 1.807) is 11.3 Å². The number of aromatic nitrogens is 1. The smallest absolute Gasteiger partial charge is 0.123 e. The van der Waals surface area contributed by atoms with Gasteiger partial charge in [-0.25, -0.2) is 4.98 Å². The summed E-state index contributed by atoms with van der Waals surface area (Å²) in [5.74, 6) is 0. The monoisotopic (exact) mass is 336 g/mol. The Morgan fingerprint density at radius 3 is 2.86 bits per heavy atom. The normalized spacial score (nSPS) is 22.9. The molecule has 0 amide bonds. The Morgan fingerprint density at radius 2 is 2.14 bits per heavy atom. The number of nitrogens with zero attached hydrogens (tertiary/aromatic N) is 2. The molecule has 1 atom stereocenters. The van der Waals surface area contributed by atoms with Gasteiger partial charge in [0, 0.05) is 41.1 Å². The largest absolute Gasteiger partial charge is 0.396 e. The van der Waals surface area contributed by atoms with Gasteiger partial charge in [-0.05, 0) is 31.5 Å². The maximum absolute atomic E-state index is 9.56. The number of thiazole rings is 1. The first kappa shape index (κ1) is 15.9. The van der Waals surface area contributed by atoms with Crippen molar-refractivity contribution in [3.8, 4) is 10.6 Å². The third-order valence-corrected chi connectivity index (χ3v) is 5.46. The molecule has 0 radical (unpaired) electrons. The first-order chi connectivity index (χ1) is 10.6. The third-order valence-electron chi connectivity index (χ3n) is 4.27. The van der Waals surface area contributed by atoms with Crippen LogP contribution in [0.25, 0.3) is 10.6 Å². The van der Waals surface area contributed by atoms with E-state index in [1.165, 1.54) is 0 Å². The fraction of sp³-hybridized carbons (Fsp3) is 0.471. The van der Waals surface area contributed by atoms with Crippen molar-refractivity contribution in [2.24, 2.45) is 5.41 Å². The number of piperidine rings is 1. The van der Waals surface area contributed by atoms with E-state index >= 15 is 0 Å². The van der Waals surface area contributed by atoms with Crippen LogP contribution in [0.1, 0.15) is 25.5 Å². The second-order valence-corrected chi connectivity index (χ2v) is 7.73. The average molecular weight is 337 g/mol. The van der Waals surface area contributed by atoms with Crippen LogP contribution < -0.4 is 0 Å². The van der Waals surface area contributed by atoms with Crippen LogP contribution in [0.4, 0.5) is 0 Å². The lowest BCUT2D eigenvalue weighted by Crippen LogP contribution is -2.43. The van der Waals surface area contributed by atoms with Crippen molar-refractivity contribution in [3.63, 3.8) is 0 Å². The lowest BCUT2D eigenvalue weighted by Gasteiger charge is -2.39. The van der Waals surface area contributed by atoms with Crippen molar-refractivity contribution in [2.75, 3.05) is 19.7 Å². The summed E-state index contributed by atoms with van der Waals surface area (Å²) in [5.41, 5.74) is 2.25. The van der Waals surface area contributed by atoms with E-state index in [0.29, 0.717) is 0 Å².